The van der Waals surface area contributed by atoms with Gasteiger partial charge in [0.25, 0.3) is 0 Å². The van der Waals surface area contributed by atoms with Crippen LogP contribution in [0.3, 0.4) is 0 Å². The third-order valence-electron chi connectivity index (χ3n) is 8.13. The molecule has 4 N–H and O–H groups in total. The fourth-order valence-electron chi connectivity index (χ4n) is 5.33. The standard InChI is InChI=1S/C32H50N4O5S2/c1-5-23(4)29-31(40)33-12-16-43-21-25-8-6-7-24(18-25)20-42-15-9-28(38)36-32(10-13-41-14-11-32)27(37)19-34-26(17-22(2)3)30(39)35-29/h6-8,18,22-23,26,29,34H,5,9-17,19-21H2,1-4H3,(H,33,40)(H,35,39)(H,36,38)/t23-,26-,29-/m0/s1. The topological polar surface area (TPSA) is 126 Å². The molecule has 0 aromatic heterocycles. The average molecular weight is 635 g/mol. The molecular formula is C32H50N4O5S2. The summed E-state index contributed by atoms with van der Waals surface area (Å²) in [5.41, 5.74) is 1.41. The van der Waals surface area contributed by atoms with Crippen LogP contribution in [0.5, 0.6) is 0 Å². The molecule has 240 valence electrons. The molecule has 1 aromatic rings. The van der Waals surface area contributed by atoms with Crippen molar-refractivity contribution in [2.24, 2.45) is 11.8 Å². The van der Waals surface area contributed by atoms with Crippen molar-refractivity contribution in [3.63, 3.8) is 0 Å². The number of benzene rings is 1. The van der Waals surface area contributed by atoms with E-state index in [0.29, 0.717) is 51.2 Å². The van der Waals surface area contributed by atoms with Crippen LogP contribution in [0.4, 0.5) is 0 Å². The van der Waals surface area contributed by atoms with Gasteiger partial charge in [-0.05, 0) is 29.4 Å². The number of carbonyl (C=O) groups is 4. The van der Waals surface area contributed by atoms with E-state index in [4.69, 9.17) is 4.74 Å². The number of carbonyl (C=O) groups excluding carboxylic acids is 4. The summed E-state index contributed by atoms with van der Waals surface area (Å²) in [6.07, 6.45) is 2.35. The number of fused-ring (bicyclic) bond motifs is 2. The zero-order valence-electron chi connectivity index (χ0n) is 26.2. The Hall–Kier alpha value is -2.08. The lowest BCUT2D eigenvalue weighted by Crippen LogP contribution is -2.61. The Balaban J connectivity index is 1.81. The monoisotopic (exact) mass is 634 g/mol. The first kappa shape index (κ1) is 35.4. The van der Waals surface area contributed by atoms with Crippen molar-refractivity contribution < 1.29 is 23.9 Å². The van der Waals surface area contributed by atoms with E-state index in [-0.39, 0.29) is 41.9 Å². The molecule has 2 aliphatic heterocycles. The smallest absolute Gasteiger partial charge is 0.242 e. The summed E-state index contributed by atoms with van der Waals surface area (Å²) in [5, 5.41) is 12.3. The third-order valence-corrected chi connectivity index (χ3v) is 10.2. The summed E-state index contributed by atoms with van der Waals surface area (Å²) in [6.45, 7) is 9.22. The molecule has 3 amide bonds. The quantitative estimate of drug-likeness (QED) is 0.397. The summed E-state index contributed by atoms with van der Waals surface area (Å²) < 4.78 is 5.53. The third kappa shape index (κ3) is 11.4. The maximum Gasteiger partial charge on any atom is 0.242 e. The molecule has 0 unspecified atom stereocenters. The van der Waals surface area contributed by atoms with Gasteiger partial charge in [0.2, 0.25) is 17.7 Å². The average Bonchev–Trinajstić information content (AvgIpc) is 2.99. The SMILES string of the molecule is CC[C@H](C)[C@@H]1NC(=O)[C@H](CC(C)C)NCC(=O)C2(CCOCC2)NC(=O)CCSCc2cccc(c2)CSCCNC1=O. The first-order chi connectivity index (χ1) is 20.6. The molecule has 0 radical (unpaired) electrons. The van der Waals surface area contributed by atoms with Gasteiger partial charge >= 0.3 is 0 Å². The first-order valence-electron chi connectivity index (χ1n) is 15.6. The van der Waals surface area contributed by atoms with Gasteiger partial charge < -0.3 is 20.7 Å². The van der Waals surface area contributed by atoms with E-state index in [1.165, 1.54) is 11.1 Å². The minimum absolute atomic E-state index is 0.0613. The van der Waals surface area contributed by atoms with Crippen molar-refractivity contribution in [3.8, 4) is 0 Å². The molecule has 9 nitrogen and oxygen atoms in total. The summed E-state index contributed by atoms with van der Waals surface area (Å²) in [6, 6.07) is 7.13. The molecule has 2 bridgehead atoms. The number of nitrogens with one attached hydrogen (secondary N) is 4. The maximum absolute atomic E-state index is 13.7. The van der Waals surface area contributed by atoms with Crippen molar-refractivity contribution >= 4 is 47.0 Å². The Bertz CT molecular complexity index is 1080. The molecule has 3 atom stereocenters. The zero-order chi connectivity index (χ0) is 31.2. The van der Waals surface area contributed by atoms with Crippen LogP contribution in [0.15, 0.2) is 24.3 Å². The number of amides is 3. The van der Waals surface area contributed by atoms with Crippen LogP contribution >= 0.6 is 23.5 Å². The highest BCUT2D eigenvalue weighted by atomic mass is 32.2. The molecule has 2 heterocycles. The molecule has 1 fully saturated rings. The van der Waals surface area contributed by atoms with Gasteiger partial charge in [-0.3, -0.25) is 24.5 Å². The second kappa shape index (κ2) is 18.0. The predicted octanol–water partition coefficient (Wildman–Crippen LogP) is 3.44. The van der Waals surface area contributed by atoms with Gasteiger partial charge in [-0.1, -0.05) is 58.4 Å². The number of rotatable bonds is 4. The molecule has 1 spiro atoms. The molecule has 1 aromatic carbocycles. The molecule has 1 saturated heterocycles. The van der Waals surface area contributed by atoms with Gasteiger partial charge in [-0.15, -0.1) is 0 Å². The summed E-state index contributed by atoms with van der Waals surface area (Å²) in [7, 11) is 0. The second-order valence-corrected chi connectivity index (χ2v) is 14.3. The van der Waals surface area contributed by atoms with Gasteiger partial charge in [0.1, 0.15) is 11.6 Å². The van der Waals surface area contributed by atoms with Gasteiger partial charge in [-0.2, -0.15) is 23.5 Å². The van der Waals surface area contributed by atoms with Crippen LogP contribution in [0.1, 0.15) is 70.9 Å². The normalized spacial score (nSPS) is 24.6. The van der Waals surface area contributed by atoms with E-state index in [2.05, 4.69) is 45.5 Å². The minimum Gasteiger partial charge on any atom is -0.381 e. The Labute approximate surface area is 265 Å². The number of hydrogen-bond donors (Lipinski definition) is 4. The van der Waals surface area contributed by atoms with Crippen LogP contribution in [-0.2, 0) is 35.4 Å². The number of Topliss-reactive ketones (excluding diaryl/α,β-unsaturated/α-hetero) is 1. The van der Waals surface area contributed by atoms with Crippen LogP contribution in [0, 0.1) is 11.8 Å². The number of thioether (sulfide) groups is 2. The fourth-order valence-corrected chi connectivity index (χ4v) is 7.02. The van der Waals surface area contributed by atoms with Crippen molar-refractivity contribution in [2.75, 3.05) is 37.8 Å². The number of ether oxygens (including phenoxy) is 1. The van der Waals surface area contributed by atoms with Gasteiger partial charge in [0, 0.05) is 62.0 Å². The van der Waals surface area contributed by atoms with E-state index >= 15 is 0 Å². The van der Waals surface area contributed by atoms with E-state index in [1.807, 2.05) is 27.7 Å². The molecule has 0 saturated carbocycles. The van der Waals surface area contributed by atoms with Crippen molar-refractivity contribution in [1.29, 1.82) is 0 Å². The van der Waals surface area contributed by atoms with E-state index in [9.17, 15) is 19.2 Å². The number of ketones is 1. The van der Waals surface area contributed by atoms with E-state index in [1.54, 1.807) is 23.5 Å². The van der Waals surface area contributed by atoms with Crippen LogP contribution < -0.4 is 21.3 Å². The van der Waals surface area contributed by atoms with E-state index in [0.717, 1.165) is 23.7 Å². The lowest BCUT2D eigenvalue weighted by atomic mass is 9.85. The van der Waals surface area contributed by atoms with Crippen LogP contribution in [0.2, 0.25) is 0 Å². The highest BCUT2D eigenvalue weighted by molar-refractivity contribution is 7.98. The highest BCUT2D eigenvalue weighted by Crippen LogP contribution is 2.23. The Morgan fingerprint density at radius 3 is 2.30 bits per heavy atom. The fraction of sp³-hybridized carbons (Fsp3) is 0.688. The lowest BCUT2D eigenvalue weighted by Gasteiger charge is -2.37. The first-order valence-corrected chi connectivity index (χ1v) is 17.9. The zero-order valence-corrected chi connectivity index (χ0v) is 27.8. The summed E-state index contributed by atoms with van der Waals surface area (Å²) in [5.74, 6) is 2.39. The summed E-state index contributed by atoms with van der Waals surface area (Å²) >= 11 is 3.46. The molecule has 2 aliphatic rings. The lowest BCUT2D eigenvalue weighted by molar-refractivity contribution is -0.136. The van der Waals surface area contributed by atoms with Gasteiger partial charge in [-0.25, -0.2) is 0 Å². The van der Waals surface area contributed by atoms with Crippen molar-refractivity contribution in [1.82, 2.24) is 21.3 Å². The van der Waals surface area contributed by atoms with Crippen molar-refractivity contribution in [2.45, 2.75) is 88.9 Å². The molecule has 3 rings (SSSR count). The van der Waals surface area contributed by atoms with E-state index < -0.39 is 17.6 Å². The molecule has 11 heteroatoms. The second-order valence-electron chi connectivity index (χ2n) is 12.1. The van der Waals surface area contributed by atoms with Crippen LogP contribution in [0.25, 0.3) is 0 Å². The van der Waals surface area contributed by atoms with Crippen LogP contribution in [-0.4, -0.2) is 78.9 Å². The maximum atomic E-state index is 13.7. The Morgan fingerprint density at radius 2 is 1.65 bits per heavy atom. The molecule has 0 aliphatic carbocycles. The predicted molar refractivity (Wildman–Crippen MR) is 175 cm³/mol. The Kier molecular flexibility index (Phi) is 14.8. The van der Waals surface area contributed by atoms with Gasteiger partial charge in [0.15, 0.2) is 5.78 Å². The van der Waals surface area contributed by atoms with Crippen molar-refractivity contribution in [3.05, 3.63) is 35.4 Å². The van der Waals surface area contributed by atoms with Gasteiger partial charge in [0.05, 0.1) is 12.6 Å². The number of hydrogen-bond acceptors (Lipinski definition) is 8. The molecule has 43 heavy (non-hydrogen) atoms. The Morgan fingerprint density at radius 1 is 0.977 bits per heavy atom. The summed E-state index contributed by atoms with van der Waals surface area (Å²) in [4.78, 5) is 53.5. The highest BCUT2D eigenvalue weighted by Gasteiger charge is 2.41. The minimum atomic E-state index is -1.02. The molecular weight excluding hydrogens is 585 g/mol. The largest absolute Gasteiger partial charge is 0.381 e.